The molecule has 0 unspecified atom stereocenters. The number of anilines is 1. The maximum Gasteiger partial charge on any atom is 0.329 e. The summed E-state index contributed by atoms with van der Waals surface area (Å²) >= 11 is 0. The lowest BCUT2D eigenvalue weighted by Gasteiger charge is -2.14. The first-order valence-corrected chi connectivity index (χ1v) is 4.69. The van der Waals surface area contributed by atoms with Gasteiger partial charge in [0.15, 0.2) is 0 Å². The molecule has 1 aromatic rings. The smallest absolute Gasteiger partial charge is 0.329 e. The summed E-state index contributed by atoms with van der Waals surface area (Å²) in [4.78, 5) is 20.7. The van der Waals surface area contributed by atoms with Crippen molar-refractivity contribution in [1.82, 2.24) is 0 Å². The highest BCUT2D eigenvalue weighted by molar-refractivity contribution is 5.67. The zero-order chi connectivity index (χ0) is 11.8. The molecule has 0 saturated carbocycles. The molecular formula is C10H12N2O4. The molecule has 0 aromatic heterocycles. The number of carboxylic acid groups (broad SMARTS) is 1. The molecule has 0 heterocycles. The Morgan fingerprint density at radius 1 is 1.38 bits per heavy atom. The first-order valence-electron chi connectivity index (χ1n) is 4.69. The molecule has 1 rings (SSSR count). The Morgan fingerprint density at radius 3 is 2.62 bits per heavy atom. The molecule has 86 valence electrons. The SMILES string of the molecule is O=NN(CCOCC(=O)O)c1ccccc1. The van der Waals surface area contributed by atoms with Crippen LogP contribution in [-0.4, -0.2) is 30.8 Å². The number of para-hydroxylation sites is 1. The van der Waals surface area contributed by atoms with Gasteiger partial charge in [-0.05, 0) is 12.1 Å². The molecule has 1 aromatic carbocycles. The van der Waals surface area contributed by atoms with Crippen molar-refractivity contribution in [2.75, 3.05) is 24.8 Å². The topological polar surface area (TPSA) is 79.2 Å². The fraction of sp³-hybridized carbons (Fsp3) is 0.300. The van der Waals surface area contributed by atoms with E-state index in [1.165, 1.54) is 5.01 Å². The largest absolute Gasteiger partial charge is 0.480 e. The van der Waals surface area contributed by atoms with Crippen LogP contribution in [0.4, 0.5) is 5.69 Å². The molecule has 0 bridgehead atoms. The summed E-state index contributed by atoms with van der Waals surface area (Å²) in [6, 6.07) is 8.86. The van der Waals surface area contributed by atoms with E-state index in [1.807, 2.05) is 6.07 Å². The maximum atomic E-state index is 10.5. The van der Waals surface area contributed by atoms with Crippen LogP contribution in [0.1, 0.15) is 0 Å². The number of benzene rings is 1. The lowest BCUT2D eigenvalue weighted by Crippen LogP contribution is -2.22. The van der Waals surface area contributed by atoms with E-state index in [0.717, 1.165) is 0 Å². The van der Waals surface area contributed by atoms with Gasteiger partial charge in [-0.1, -0.05) is 18.2 Å². The number of carboxylic acids is 1. The Balaban J connectivity index is 2.38. The molecule has 0 spiro atoms. The summed E-state index contributed by atoms with van der Waals surface area (Å²) < 4.78 is 4.81. The third kappa shape index (κ3) is 4.05. The maximum absolute atomic E-state index is 10.5. The fourth-order valence-electron chi connectivity index (χ4n) is 1.13. The van der Waals surface area contributed by atoms with E-state index in [4.69, 9.17) is 9.84 Å². The van der Waals surface area contributed by atoms with Crippen molar-refractivity contribution < 1.29 is 14.6 Å². The third-order valence-corrected chi connectivity index (χ3v) is 1.83. The molecule has 0 atom stereocenters. The number of ether oxygens (including phenoxy) is 1. The molecule has 6 heteroatoms. The van der Waals surface area contributed by atoms with Gasteiger partial charge >= 0.3 is 5.97 Å². The first-order chi connectivity index (χ1) is 7.74. The molecule has 0 amide bonds. The van der Waals surface area contributed by atoms with Gasteiger partial charge in [0, 0.05) is 0 Å². The summed E-state index contributed by atoms with van der Waals surface area (Å²) in [6.45, 7) is -0.0186. The van der Waals surface area contributed by atoms with Crippen LogP contribution in [0.25, 0.3) is 0 Å². The van der Waals surface area contributed by atoms with Crippen LogP contribution in [0.3, 0.4) is 0 Å². The summed E-state index contributed by atoms with van der Waals surface area (Å²) in [5, 5.41) is 12.4. The van der Waals surface area contributed by atoms with Gasteiger partial charge in [-0.3, -0.25) is 0 Å². The molecule has 0 aliphatic rings. The quantitative estimate of drug-likeness (QED) is 0.428. The number of hydrogen-bond acceptors (Lipinski definition) is 4. The minimum absolute atomic E-state index is 0.132. The summed E-state index contributed by atoms with van der Waals surface area (Å²) in [6.07, 6.45) is 0. The molecule has 16 heavy (non-hydrogen) atoms. The minimum Gasteiger partial charge on any atom is -0.480 e. The van der Waals surface area contributed by atoms with Crippen molar-refractivity contribution >= 4 is 11.7 Å². The van der Waals surface area contributed by atoms with Gasteiger partial charge in [0.1, 0.15) is 6.61 Å². The minimum atomic E-state index is -1.04. The van der Waals surface area contributed by atoms with Gasteiger partial charge < -0.3 is 9.84 Å². The second kappa shape index (κ2) is 6.52. The monoisotopic (exact) mass is 224 g/mol. The number of rotatable bonds is 7. The highest BCUT2D eigenvalue weighted by atomic mass is 16.5. The average Bonchev–Trinajstić information content (AvgIpc) is 2.30. The number of aliphatic carboxylic acids is 1. The van der Waals surface area contributed by atoms with Crippen LogP contribution in [0.15, 0.2) is 35.6 Å². The molecule has 0 fully saturated rings. The Kier molecular flexibility index (Phi) is 4.94. The standard InChI is InChI=1S/C10H12N2O4/c13-10(14)8-16-7-6-12(11-15)9-4-2-1-3-5-9/h1-5H,6-8H2,(H,13,14). The molecule has 1 N–H and O–H groups in total. The molecule has 6 nitrogen and oxygen atoms in total. The fourth-order valence-corrected chi connectivity index (χ4v) is 1.13. The van der Waals surface area contributed by atoms with Crippen molar-refractivity contribution in [3.8, 4) is 0 Å². The van der Waals surface area contributed by atoms with E-state index >= 15 is 0 Å². The van der Waals surface area contributed by atoms with E-state index in [9.17, 15) is 9.70 Å². The van der Waals surface area contributed by atoms with E-state index < -0.39 is 5.97 Å². The Morgan fingerprint density at radius 2 is 2.06 bits per heavy atom. The molecule has 0 aliphatic carbocycles. The zero-order valence-corrected chi connectivity index (χ0v) is 8.57. The van der Waals surface area contributed by atoms with Crippen LogP contribution < -0.4 is 5.01 Å². The average molecular weight is 224 g/mol. The van der Waals surface area contributed by atoms with E-state index in [1.54, 1.807) is 24.3 Å². The zero-order valence-electron chi connectivity index (χ0n) is 8.57. The van der Waals surface area contributed by atoms with Crippen molar-refractivity contribution in [3.05, 3.63) is 35.2 Å². The highest BCUT2D eigenvalue weighted by Gasteiger charge is 2.05. The number of nitroso groups, excluding NO2 is 1. The van der Waals surface area contributed by atoms with Gasteiger partial charge in [-0.2, -0.15) is 0 Å². The van der Waals surface area contributed by atoms with Crippen LogP contribution in [0.5, 0.6) is 0 Å². The normalized spacial score (nSPS) is 9.75. The van der Waals surface area contributed by atoms with Crippen molar-refractivity contribution in [1.29, 1.82) is 0 Å². The van der Waals surface area contributed by atoms with Gasteiger partial charge in [-0.15, -0.1) is 4.91 Å². The molecular weight excluding hydrogens is 212 g/mol. The van der Waals surface area contributed by atoms with Gasteiger partial charge in [0.2, 0.25) is 0 Å². The number of carbonyl (C=O) groups is 1. The van der Waals surface area contributed by atoms with Crippen LogP contribution in [0.2, 0.25) is 0 Å². The number of hydrogen-bond donors (Lipinski definition) is 1. The summed E-state index contributed by atoms with van der Waals surface area (Å²) in [5.74, 6) is -1.04. The second-order valence-electron chi connectivity index (χ2n) is 2.99. The van der Waals surface area contributed by atoms with Gasteiger partial charge in [0.25, 0.3) is 0 Å². The second-order valence-corrected chi connectivity index (χ2v) is 2.99. The van der Waals surface area contributed by atoms with Crippen LogP contribution in [-0.2, 0) is 9.53 Å². The van der Waals surface area contributed by atoms with E-state index in [-0.39, 0.29) is 19.8 Å². The lowest BCUT2D eigenvalue weighted by molar-refractivity contribution is -0.142. The predicted octanol–water partition coefficient (Wildman–Crippen LogP) is 1.28. The third-order valence-electron chi connectivity index (χ3n) is 1.83. The summed E-state index contributed by atoms with van der Waals surface area (Å²) in [5.41, 5.74) is 0.649. The Bertz CT molecular complexity index is 342. The summed E-state index contributed by atoms with van der Waals surface area (Å²) in [7, 11) is 0. The van der Waals surface area contributed by atoms with Crippen molar-refractivity contribution in [3.63, 3.8) is 0 Å². The lowest BCUT2D eigenvalue weighted by atomic mass is 10.3. The Labute approximate surface area is 92.4 Å². The predicted molar refractivity (Wildman–Crippen MR) is 58.0 cm³/mol. The number of nitrogens with zero attached hydrogens (tertiary/aromatic N) is 2. The van der Waals surface area contributed by atoms with Gasteiger partial charge in [-0.25, -0.2) is 9.80 Å². The molecule has 0 aliphatic heterocycles. The van der Waals surface area contributed by atoms with Crippen LogP contribution >= 0.6 is 0 Å². The van der Waals surface area contributed by atoms with Crippen molar-refractivity contribution in [2.24, 2.45) is 5.29 Å². The van der Waals surface area contributed by atoms with E-state index in [2.05, 4.69) is 5.29 Å². The molecule has 0 radical (unpaired) electrons. The Hall–Kier alpha value is -1.95. The van der Waals surface area contributed by atoms with Crippen LogP contribution in [0, 0.1) is 4.91 Å². The highest BCUT2D eigenvalue weighted by Crippen LogP contribution is 2.12. The van der Waals surface area contributed by atoms with Crippen molar-refractivity contribution in [2.45, 2.75) is 0 Å². The first kappa shape index (κ1) is 12.1. The van der Waals surface area contributed by atoms with Gasteiger partial charge in [0.05, 0.1) is 24.1 Å². The van der Waals surface area contributed by atoms with E-state index in [0.29, 0.717) is 5.69 Å². The molecule has 0 saturated heterocycles.